The minimum Gasteiger partial charge on any atom is -0.388 e. The minimum atomic E-state index is -0.407. The Morgan fingerprint density at radius 2 is 1.96 bits per heavy atom. The Hall–Kier alpha value is -1.39. The molecule has 1 aromatic carbocycles. The van der Waals surface area contributed by atoms with Gasteiger partial charge in [0.25, 0.3) is 0 Å². The van der Waals surface area contributed by atoms with Crippen molar-refractivity contribution in [3.05, 3.63) is 29.3 Å². The van der Waals surface area contributed by atoms with Crippen LogP contribution >= 0.6 is 0 Å². The van der Waals surface area contributed by atoms with Gasteiger partial charge in [-0.15, -0.1) is 0 Å². The van der Waals surface area contributed by atoms with Crippen LogP contribution in [0.5, 0.6) is 0 Å². The second-order valence-electron chi connectivity index (χ2n) is 6.76. The largest absolute Gasteiger partial charge is 0.388 e. The fraction of sp³-hybridized carbons (Fsp3) is 0.632. The van der Waals surface area contributed by atoms with E-state index in [1.807, 2.05) is 0 Å². The number of hydrogen-bond acceptors (Lipinski definition) is 4. The summed E-state index contributed by atoms with van der Waals surface area (Å²) in [4.78, 5) is 16.0. The molecular formula is C19H28N2O2. The maximum Gasteiger partial charge on any atom is 0.135 e. The first-order valence-corrected chi connectivity index (χ1v) is 8.97. The fourth-order valence-corrected chi connectivity index (χ4v) is 3.73. The van der Waals surface area contributed by atoms with E-state index >= 15 is 0 Å². The summed E-state index contributed by atoms with van der Waals surface area (Å²) in [7, 11) is 0. The first-order chi connectivity index (χ1) is 11.2. The molecule has 0 saturated carbocycles. The van der Waals surface area contributed by atoms with Gasteiger partial charge in [0.15, 0.2) is 0 Å². The molecule has 1 fully saturated rings. The summed E-state index contributed by atoms with van der Waals surface area (Å²) in [6.07, 6.45) is 3.98. The number of aryl methyl sites for hydroxylation is 1. The maximum atomic E-state index is 11.3. The zero-order valence-electron chi connectivity index (χ0n) is 14.1. The Balaban J connectivity index is 1.59. The van der Waals surface area contributed by atoms with Crippen molar-refractivity contribution in [2.24, 2.45) is 0 Å². The van der Waals surface area contributed by atoms with Crippen LogP contribution in [0.4, 0.5) is 5.69 Å². The van der Waals surface area contributed by atoms with Crippen LogP contribution in [0.25, 0.3) is 0 Å². The molecule has 2 heterocycles. The number of aliphatic hydroxyl groups is 1. The molecule has 126 valence electrons. The van der Waals surface area contributed by atoms with Crippen LogP contribution in [0.2, 0.25) is 0 Å². The summed E-state index contributed by atoms with van der Waals surface area (Å²) in [6, 6.07) is 6.45. The number of fused-ring (bicyclic) bond motifs is 1. The third-order valence-corrected chi connectivity index (χ3v) is 5.22. The van der Waals surface area contributed by atoms with Crippen LogP contribution < -0.4 is 4.90 Å². The normalized spacial score (nSPS) is 20.4. The van der Waals surface area contributed by atoms with Crippen molar-refractivity contribution in [2.75, 3.05) is 37.6 Å². The molecule has 0 radical (unpaired) electrons. The molecule has 4 nitrogen and oxygen atoms in total. The Labute approximate surface area is 139 Å². The number of nitrogens with zero attached hydrogens (tertiary/aromatic N) is 2. The van der Waals surface area contributed by atoms with Crippen LogP contribution in [0, 0.1) is 0 Å². The first kappa shape index (κ1) is 16.5. The van der Waals surface area contributed by atoms with Gasteiger partial charge in [-0.3, -0.25) is 4.79 Å². The van der Waals surface area contributed by atoms with Crippen molar-refractivity contribution in [3.63, 3.8) is 0 Å². The number of piperidine rings is 1. The van der Waals surface area contributed by atoms with Crippen molar-refractivity contribution in [1.82, 2.24) is 4.90 Å². The molecule has 1 aromatic rings. The zero-order chi connectivity index (χ0) is 16.2. The van der Waals surface area contributed by atoms with Crippen molar-refractivity contribution < 1.29 is 9.90 Å². The van der Waals surface area contributed by atoms with E-state index in [-0.39, 0.29) is 0 Å². The highest BCUT2D eigenvalue weighted by atomic mass is 16.3. The molecule has 1 saturated heterocycles. The number of aliphatic hydroxyl groups excluding tert-OH is 1. The van der Waals surface area contributed by atoms with Gasteiger partial charge in [-0.2, -0.15) is 0 Å². The van der Waals surface area contributed by atoms with Gasteiger partial charge in [0, 0.05) is 51.3 Å². The number of rotatable bonds is 5. The van der Waals surface area contributed by atoms with E-state index in [1.165, 1.54) is 17.7 Å². The second-order valence-corrected chi connectivity index (χ2v) is 6.76. The van der Waals surface area contributed by atoms with Gasteiger partial charge in [-0.05, 0) is 43.4 Å². The van der Waals surface area contributed by atoms with Gasteiger partial charge in [0.2, 0.25) is 0 Å². The summed E-state index contributed by atoms with van der Waals surface area (Å²) >= 11 is 0. The van der Waals surface area contributed by atoms with Crippen LogP contribution in [0.3, 0.4) is 0 Å². The summed E-state index contributed by atoms with van der Waals surface area (Å²) < 4.78 is 0. The highest BCUT2D eigenvalue weighted by Gasteiger charge is 2.20. The predicted molar refractivity (Wildman–Crippen MR) is 92.9 cm³/mol. The topological polar surface area (TPSA) is 43.8 Å². The van der Waals surface area contributed by atoms with Crippen molar-refractivity contribution in [2.45, 2.75) is 45.1 Å². The lowest BCUT2D eigenvalue weighted by Gasteiger charge is -2.31. The summed E-state index contributed by atoms with van der Waals surface area (Å²) in [5.74, 6) is 0.372. The van der Waals surface area contributed by atoms with E-state index in [9.17, 15) is 9.90 Å². The molecule has 0 aromatic heterocycles. The Morgan fingerprint density at radius 3 is 2.70 bits per heavy atom. The quantitative estimate of drug-likeness (QED) is 0.907. The van der Waals surface area contributed by atoms with E-state index in [2.05, 4.69) is 34.9 Å². The van der Waals surface area contributed by atoms with E-state index < -0.39 is 6.10 Å². The maximum absolute atomic E-state index is 11.3. The first-order valence-electron chi connectivity index (χ1n) is 8.97. The number of hydrogen-bond donors (Lipinski definition) is 1. The molecule has 0 bridgehead atoms. The highest BCUT2D eigenvalue weighted by Crippen LogP contribution is 2.30. The summed E-state index contributed by atoms with van der Waals surface area (Å²) in [6.45, 7) is 6.94. The van der Waals surface area contributed by atoms with Gasteiger partial charge in [-0.25, -0.2) is 0 Å². The van der Waals surface area contributed by atoms with Gasteiger partial charge < -0.3 is 14.9 Å². The molecule has 23 heavy (non-hydrogen) atoms. The van der Waals surface area contributed by atoms with E-state index in [1.54, 1.807) is 0 Å². The molecule has 4 heteroatoms. The third-order valence-electron chi connectivity index (χ3n) is 5.22. The van der Waals surface area contributed by atoms with Gasteiger partial charge in [0.1, 0.15) is 5.78 Å². The monoisotopic (exact) mass is 316 g/mol. The highest BCUT2D eigenvalue weighted by molar-refractivity contribution is 5.79. The van der Waals surface area contributed by atoms with Gasteiger partial charge >= 0.3 is 0 Å². The summed E-state index contributed by atoms with van der Waals surface area (Å²) in [5, 5.41) is 10.5. The van der Waals surface area contributed by atoms with Crippen LogP contribution in [-0.4, -0.2) is 48.5 Å². The lowest BCUT2D eigenvalue weighted by molar-refractivity contribution is -0.121. The van der Waals surface area contributed by atoms with Crippen LogP contribution in [0.15, 0.2) is 18.2 Å². The smallest absolute Gasteiger partial charge is 0.135 e. The number of likely N-dealkylation sites (tertiary alicyclic amines) is 1. The molecule has 2 aliphatic heterocycles. The lowest BCUT2D eigenvalue weighted by atomic mass is 9.96. The average molecular weight is 316 g/mol. The molecule has 1 N–H and O–H groups in total. The van der Waals surface area contributed by atoms with Crippen molar-refractivity contribution >= 4 is 11.5 Å². The number of anilines is 1. The Bertz CT molecular complexity index is 548. The molecule has 1 unspecified atom stereocenters. The Morgan fingerprint density at radius 1 is 1.17 bits per heavy atom. The number of carbonyl (C=O) groups excluding carboxylic acids is 1. The van der Waals surface area contributed by atoms with E-state index in [0.717, 1.165) is 51.1 Å². The number of Topliss-reactive ketones (excluding diaryl/α,β-unsaturated/α-hetero) is 1. The lowest BCUT2D eigenvalue weighted by Crippen LogP contribution is -2.35. The standard InChI is InChI=1S/C19H28N2O2/c1-2-21-10-3-4-15-14-16(5-6-18(15)21)19(23)9-13-20-11-7-17(22)8-12-20/h5-6,14,19,23H,2-4,7-13H2,1H3. The number of carbonyl (C=O) groups is 1. The van der Waals surface area contributed by atoms with E-state index in [0.29, 0.717) is 18.6 Å². The minimum absolute atomic E-state index is 0.372. The SMILES string of the molecule is CCN1CCCc2cc(C(O)CCN3CCC(=O)CC3)ccc21. The molecule has 1 atom stereocenters. The van der Waals surface area contributed by atoms with Gasteiger partial charge in [-0.1, -0.05) is 12.1 Å². The number of ketones is 1. The van der Waals surface area contributed by atoms with E-state index in [4.69, 9.17) is 0 Å². The Kier molecular flexibility index (Phi) is 5.34. The van der Waals surface area contributed by atoms with Gasteiger partial charge in [0.05, 0.1) is 6.10 Å². The molecular weight excluding hydrogens is 288 g/mol. The molecule has 3 rings (SSSR count). The second kappa shape index (κ2) is 7.45. The molecule has 0 amide bonds. The fourth-order valence-electron chi connectivity index (χ4n) is 3.73. The molecule has 2 aliphatic rings. The average Bonchev–Trinajstić information content (AvgIpc) is 2.60. The third kappa shape index (κ3) is 3.93. The number of benzene rings is 1. The van der Waals surface area contributed by atoms with Crippen molar-refractivity contribution in [3.8, 4) is 0 Å². The molecule has 0 aliphatic carbocycles. The predicted octanol–water partition coefficient (Wildman–Crippen LogP) is 2.55. The van der Waals surface area contributed by atoms with Crippen LogP contribution in [0.1, 0.15) is 49.8 Å². The molecule has 0 spiro atoms. The van der Waals surface area contributed by atoms with Crippen LogP contribution in [-0.2, 0) is 11.2 Å². The summed E-state index contributed by atoms with van der Waals surface area (Å²) in [5.41, 5.74) is 3.75. The van der Waals surface area contributed by atoms with Crippen molar-refractivity contribution in [1.29, 1.82) is 0 Å². The zero-order valence-corrected chi connectivity index (χ0v) is 14.1.